The number of rotatable bonds is 7. The topological polar surface area (TPSA) is 86.4 Å². The number of amides is 1. The first-order chi connectivity index (χ1) is 15.0. The van der Waals surface area contributed by atoms with Gasteiger partial charge in [0, 0.05) is 11.6 Å². The number of hydrogen-bond donors (Lipinski definition) is 1. The van der Waals surface area contributed by atoms with E-state index in [0.29, 0.717) is 22.9 Å². The fourth-order valence-electron chi connectivity index (χ4n) is 3.30. The van der Waals surface area contributed by atoms with Crippen molar-refractivity contribution in [3.63, 3.8) is 0 Å². The lowest BCUT2D eigenvalue weighted by Gasteiger charge is -2.16. The Hall–Kier alpha value is -3.58. The van der Waals surface area contributed by atoms with Crippen LogP contribution in [0.25, 0.3) is 11.0 Å². The highest BCUT2D eigenvalue weighted by atomic mass is 35.5. The number of fused-ring (bicyclic) bond motifs is 1. The summed E-state index contributed by atoms with van der Waals surface area (Å²) in [5.41, 5.74) is 2.69. The highest BCUT2D eigenvalue weighted by Crippen LogP contribution is 2.26. The number of halogens is 1. The van der Waals surface area contributed by atoms with Crippen LogP contribution in [0.1, 0.15) is 35.0 Å². The molecule has 8 heteroatoms. The first-order valence-corrected chi connectivity index (χ1v) is 10.1. The van der Waals surface area contributed by atoms with Gasteiger partial charge < -0.3 is 19.0 Å². The highest BCUT2D eigenvalue weighted by molar-refractivity contribution is 6.31. The number of carbonyl (C=O) groups excluding carboxylic acids is 2. The maximum atomic E-state index is 12.3. The van der Waals surface area contributed by atoms with Gasteiger partial charge in [0.15, 0.2) is 17.7 Å². The molecule has 0 radical (unpaired) electrons. The van der Waals surface area contributed by atoms with E-state index in [-0.39, 0.29) is 12.3 Å². The van der Waals surface area contributed by atoms with Crippen LogP contribution in [0, 0.1) is 0 Å². The molecule has 4 rings (SSSR count). The van der Waals surface area contributed by atoms with Gasteiger partial charge in [-0.25, -0.2) is 4.98 Å². The third kappa shape index (κ3) is 4.78. The summed E-state index contributed by atoms with van der Waals surface area (Å²) in [7, 11) is 0. The van der Waals surface area contributed by atoms with Crippen LogP contribution in [0.3, 0.4) is 0 Å². The number of nitrogens with zero attached hydrogens (tertiary/aromatic N) is 2. The SMILES string of the molecule is CC(OC(=O)CNC(=O)c1ccco1)c1nc2cc(Cl)ccc2n1Cc1ccccc1. The molecular weight excluding hydrogens is 418 g/mol. The van der Waals surface area contributed by atoms with Crippen LogP contribution in [-0.2, 0) is 16.1 Å². The summed E-state index contributed by atoms with van der Waals surface area (Å²) >= 11 is 6.14. The monoisotopic (exact) mass is 437 g/mol. The van der Waals surface area contributed by atoms with Crippen molar-refractivity contribution in [2.24, 2.45) is 0 Å². The van der Waals surface area contributed by atoms with Gasteiger partial charge in [-0.3, -0.25) is 9.59 Å². The lowest BCUT2D eigenvalue weighted by atomic mass is 10.2. The Morgan fingerprint density at radius 1 is 1.16 bits per heavy atom. The van der Waals surface area contributed by atoms with Crippen LogP contribution in [0.2, 0.25) is 5.02 Å². The van der Waals surface area contributed by atoms with Gasteiger partial charge in [0.1, 0.15) is 6.54 Å². The number of hydrogen-bond acceptors (Lipinski definition) is 5. The van der Waals surface area contributed by atoms with Gasteiger partial charge in [0.25, 0.3) is 5.91 Å². The summed E-state index contributed by atoms with van der Waals surface area (Å²) in [6, 6.07) is 18.5. The van der Waals surface area contributed by atoms with Gasteiger partial charge in [0.2, 0.25) is 0 Å². The molecule has 0 bridgehead atoms. The molecule has 1 amide bonds. The molecular formula is C23H20ClN3O4. The Morgan fingerprint density at radius 3 is 2.71 bits per heavy atom. The molecule has 31 heavy (non-hydrogen) atoms. The second-order valence-electron chi connectivity index (χ2n) is 6.97. The van der Waals surface area contributed by atoms with Crippen LogP contribution >= 0.6 is 11.6 Å². The van der Waals surface area contributed by atoms with Crippen molar-refractivity contribution in [1.29, 1.82) is 0 Å². The lowest BCUT2D eigenvalue weighted by Crippen LogP contribution is -2.31. The molecule has 2 aromatic heterocycles. The summed E-state index contributed by atoms with van der Waals surface area (Å²) in [5, 5.41) is 3.06. The van der Waals surface area contributed by atoms with Crippen molar-refractivity contribution < 1.29 is 18.7 Å². The van der Waals surface area contributed by atoms with Gasteiger partial charge in [-0.15, -0.1) is 0 Å². The molecule has 0 saturated carbocycles. The van der Waals surface area contributed by atoms with Crippen molar-refractivity contribution in [3.8, 4) is 0 Å². The van der Waals surface area contributed by atoms with E-state index < -0.39 is 18.0 Å². The lowest BCUT2D eigenvalue weighted by molar-refractivity contribution is -0.147. The number of esters is 1. The summed E-state index contributed by atoms with van der Waals surface area (Å²) in [4.78, 5) is 28.9. The minimum absolute atomic E-state index is 0.127. The fourth-order valence-corrected chi connectivity index (χ4v) is 3.47. The Morgan fingerprint density at radius 2 is 1.97 bits per heavy atom. The van der Waals surface area contributed by atoms with Crippen LogP contribution in [0.4, 0.5) is 0 Å². The van der Waals surface area contributed by atoms with E-state index >= 15 is 0 Å². The Labute approximate surface area is 183 Å². The number of carbonyl (C=O) groups is 2. The molecule has 1 unspecified atom stereocenters. The molecule has 2 aromatic carbocycles. The van der Waals surface area contributed by atoms with E-state index in [1.807, 2.05) is 41.0 Å². The standard InChI is InChI=1S/C23H20ClN3O4/c1-15(31-21(28)13-25-23(29)20-8-5-11-30-20)22-26-18-12-17(24)9-10-19(18)27(22)14-16-6-3-2-4-7-16/h2-12,15H,13-14H2,1H3,(H,25,29). The summed E-state index contributed by atoms with van der Waals surface area (Å²) < 4.78 is 12.5. The molecule has 158 valence electrons. The highest BCUT2D eigenvalue weighted by Gasteiger charge is 2.21. The Bertz CT molecular complexity index is 1200. The number of aromatic nitrogens is 2. The van der Waals surface area contributed by atoms with Crippen molar-refractivity contribution in [2.75, 3.05) is 6.54 Å². The number of nitrogens with one attached hydrogen (secondary N) is 1. The minimum atomic E-state index is -0.636. The third-order valence-electron chi connectivity index (χ3n) is 4.73. The molecule has 7 nitrogen and oxygen atoms in total. The van der Waals surface area contributed by atoms with E-state index in [1.165, 1.54) is 12.3 Å². The van der Waals surface area contributed by atoms with Crippen molar-refractivity contribution in [3.05, 3.63) is 89.1 Å². The second kappa shape index (κ2) is 9.06. The van der Waals surface area contributed by atoms with Crippen molar-refractivity contribution in [1.82, 2.24) is 14.9 Å². The van der Waals surface area contributed by atoms with Crippen molar-refractivity contribution >= 4 is 34.5 Å². The minimum Gasteiger partial charge on any atom is -0.459 e. The summed E-state index contributed by atoms with van der Waals surface area (Å²) in [6.45, 7) is 2.02. The van der Waals surface area contributed by atoms with Gasteiger partial charge >= 0.3 is 5.97 Å². The predicted molar refractivity (Wildman–Crippen MR) is 116 cm³/mol. The molecule has 0 fully saturated rings. The fraction of sp³-hybridized carbons (Fsp3) is 0.174. The van der Waals surface area contributed by atoms with Crippen LogP contribution in [0.5, 0.6) is 0 Å². The van der Waals surface area contributed by atoms with E-state index in [1.54, 1.807) is 25.1 Å². The average Bonchev–Trinajstić information content (AvgIpc) is 3.41. The number of ether oxygens (including phenoxy) is 1. The molecule has 1 N–H and O–H groups in total. The van der Waals surface area contributed by atoms with Gasteiger partial charge in [0.05, 0.1) is 17.3 Å². The van der Waals surface area contributed by atoms with Crippen LogP contribution in [0.15, 0.2) is 71.3 Å². The smallest absolute Gasteiger partial charge is 0.326 e. The maximum absolute atomic E-state index is 12.3. The summed E-state index contributed by atoms with van der Waals surface area (Å²) in [5.74, 6) is -0.349. The van der Waals surface area contributed by atoms with E-state index in [9.17, 15) is 9.59 Å². The first-order valence-electron chi connectivity index (χ1n) is 9.72. The largest absolute Gasteiger partial charge is 0.459 e. The quantitative estimate of drug-likeness (QED) is 0.434. The maximum Gasteiger partial charge on any atom is 0.326 e. The van der Waals surface area contributed by atoms with E-state index in [4.69, 9.17) is 20.8 Å². The Balaban J connectivity index is 1.52. The number of furan rings is 1. The van der Waals surface area contributed by atoms with Gasteiger partial charge in [-0.1, -0.05) is 41.9 Å². The first kappa shape index (κ1) is 20.7. The Kier molecular flexibility index (Phi) is 6.04. The average molecular weight is 438 g/mol. The molecule has 2 heterocycles. The number of benzene rings is 2. The normalized spacial score (nSPS) is 11.9. The predicted octanol–water partition coefficient (Wildman–Crippen LogP) is 4.37. The molecule has 0 saturated heterocycles. The van der Waals surface area contributed by atoms with E-state index in [0.717, 1.165) is 11.1 Å². The second-order valence-corrected chi connectivity index (χ2v) is 7.40. The van der Waals surface area contributed by atoms with Crippen LogP contribution in [-0.4, -0.2) is 28.0 Å². The molecule has 0 aliphatic carbocycles. The van der Waals surface area contributed by atoms with Crippen molar-refractivity contribution in [2.45, 2.75) is 19.6 Å². The molecule has 1 atom stereocenters. The summed E-state index contributed by atoms with van der Waals surface area (Å²) in [6.07, 6.45) is 0.751. The zero-order valence-electron chi connectivity index (χ0n) is 16.7. The van der Waals surface area contributed by atoms with Gasteiger partial charge in [-0.05, 0) is 42.8 Å². The third-order valence-corrected chi connectivity index (χ3v) is 4.97. The number of imidazole rings is 1. The van der Waals surface area contributed by atoms with E-state index in [2.05, 4.69) is 10.3 Å². The molecule has 0 spiro atoms. The van der Waals surface area contributed by atoms with Crippen LogP contribution < -0.4 is 5.32 Å². The molecule has 0 aliphatic heterocycles. The zero-order chi connectivity index (χ0) is 21.8. The molecule has 0 aliphatic rings. The zero-order valence-corrected chi connectivity index (χ0v) is 17.5. The molecule has 4 aromatic rings. The van der Waals surface area contributed by atoms with Gasteiger partial charge in [-0.2, -0.15) is 0 Å².